The zero-order valence-electron chi connectivity index (χ0n) is 15.3. The lowest BCUT2D eigenvalue weighted by molar-refractivity contribution is -0.0824. The normalized spacial score (nSPS) is 29.6. The van der Waals surface area contributed by atoms with E-state index >= 15 is 0 Å². The van der Waals surface area contributed by atoms with Crippen LogP contribution in [0.4, 0.5) is 0 Å². The van der Waals surface area contributed by atoms with Gasteiger partial charge in [-0.25, -0.2) is 4.79 Å². The fraction of sp³-hybridized carbons (Fsp3) is 0.722. The van der Waals surface area contributed by atoms with Crippen molar-refractivity contribution in [3.8, 4) is 0 Å². The lowest BCUT2D eigenvalue weighted by Gasteiger charge is -2.42. The number of methoxy groups -OCH3 is 1. The van der Waals surface area contributed by atoms with Crippen LogP contribution in [0.25, 0.3) is 0 Å². The third kappa shape index (κ3) is 3.22. The molecule has 1 aromatic heterocycles. The number of carbonyl (C=O) groups excluding carboxylic acids is 1. The second-order valence-electron chi connectivity index (χ2n) is 8.20. The van der Waals surface area contributed by atoms with Crippen LogP contribution in [0, 0.1) is 0 Å². The number of hydrogen-bond donors (Lipinski definition) is 2. The van der Waals surface area contributed by atoms with Crippen molar-refractivity contribution in [2.75, 3.05) is 13.7 Å². The van der Waals surface area contributed by atoms with Gasteiger partial charge in [-0.15, -0.1) is 0 Å². The molecule has 1 aliphatic carbocycles. The van der Waals surface area contributed by atoms with Crippen LogP contribution in [0.15, 0.2) is 10.9 Å². The number of amides is 1. The van der Waals surface area contributed by atoms with E-state index in [1.807, 2.05) is 20.8 Å². The number of fused-ring (bicyclic) bond motifs is 1. The Morgan fingerprint density at radius 2 is 2.16 bits per heavy atom. The summed E-state index contributed by atoms with van der Waals surface area (Å²) in [5, 5.41) is 10.1. The molecular weight excluding hydrogens is 322 g/mol. The molecule has 7 heteroatoms. The largest absolute Gasteiger partial charge is 0.393 e. The monoisotopic (exact) mass is 349 g/mol. The van der Waals surface area contributed by atoms with Crippen molar-refractivity contribution in [1.82, 2.24) is 14.9 Å². The van der Waals surface area contributed by atoms with Crippen LogP contribution >= 0.6 is 0 Å². The average molecular weight is 349 g/mol. The van der Waals surface area contributed by atoms with Gasteiger partial charge in [0.25, 0.3) is 5.91 Å². The topological polar surface area (TPSA) is 95.5 Å². The molecule has 3 atom stereocenters. The molecule has 138 valence electrons. The van der Waals surface area contributed by atoms with Crippen LogP contribution in [0.5, 0.6) is 0 Å². The number of rotatable bonds is 2. The summed E-state index contributed by atoms with van der Waals surface area (Å²) >= 11 is 0. The molecule has 0 radical (unpaired) electrons. The molecule has 1 saturated heterocycles. The number of likely N-dealkylation sites (tertiary alicyclic amines) is 1. The van der Waals surface area contributed by atoms with E-state index in [4.69, 9.17) is 4.74 Å². The Kier molecular flexibility index (Phi) is 4.49. The Morgan fingerprint density at radius 1 is 1.44 bits per heavy atom. The molecule has 7 nitrogen and oxygen atoms in total. The highest BCUT2D eigenvalue weighted by Crippen LogP contribution is 2.42. The fourth-order valence-corrected chi connectivity index (χ4v) is 4.04. The highest BCUT2D eigenvalue weighted by atomic mass is 16.5. The van der Waals surface area contributed by atoms with Crippen LogP contribution in [0.3, 0.4) is 0 Å². The standard InChI is InChI=1S/C18H27N3O4/c1-17(2,3)13-10-12(19-16(24)20-13)15(23)21-8-7-18(25-4)6-5-11(22)9-14(18)21/h10-11,14,22H,5-9H2,1-4H3,(H,19,20,24)/t11-,14-,18+/m0/s1. The van der Waals surface area contributed by atoms with Crippen molar-refractivity contribution in [3.63, 3.8) is 0 Å². The minimum atomic E-state index is -0.517. The minimum Gasteiger partial charge on any atom is -0.393 e. The second-order valence-corrected chi connectivity index (χ2v) is 8.20. The molecule has 2 N–H and O–H groups in total. The van der Waals surface area contributed by atoms with Crippen LogP contribution < -0.4 is 5.69 Å². The van der Waals surface area contributed by atoms with Gasteiger partial charge < -0.3 is 19.7 Å². The molecule has 2 fully saturated rings. The number of hydrogen-bond acceptors (Lipinski definition) is 5. The maximum absolute atomic E-state index is 13.1. The van der Waals surface area contributed by atoms with E-state index in [9.17, 15) is 14.7 Å². The summed E-state index contributed by atoms with van der Waals surface area (Å²) in [5.41, 5.74) is -0.378. The molecule has 0 aromatic carbocycles. The lowest BCUT2D eigenvalue weighted by Crippen LogP contribution is -2.53. The first-order valence-corrected chi connectivity index (χ1v) is 8.82. The predicted molar refractivity (Wildman–Crippen MR) is 92.6 cm³/mol. The number of aromatic nitrogens is 2. The SMILES string of the molecule is CO[C@@]12CC[C@H](O)C[C@@H]1N(C(=O)c1cc(C(C)(C)C)[nH]c(=O)n1)CC2. The minimum absolute atomic E-state index is 0.153. The number of carbonyl (C=O) groups is 1. The molecule has 1 aliphatic heterocycles. The van der Waals surface area contributed by atoms with Crippen LogP contribution in [0.2, 0.25) is 0 Å². The lowest BCUT2D eigenvalue weighted by atomic mass is 9.79. The molecule has 2 aliphatic rings. The first-order valence-electron chi connectivity index (χ1n) is 8.82. The zero-order chi connectivity index (χ0) is 18.4. The van der Waals surface area contributed by atoms with E-state index in [0.717, 1.165) is 12.8 Å². The molecule has 0 spiro atoms. The number of aromatic amines is 1. The molecule has 3 rings (SSSR count). The van der Waals surface area contributed by atoms with Gasteiger partial charge >= 0.3 is 5.69 Å². The number of aliphatic hydroxyl groups excluding tert-OH is 1. The van der Waals surface area contributed by atoms with Crippen molar-refractivity contribution in [1.29, 1.82) is 0 Å². The number of aliphatic hydroxyl groups is 1. The highest BCUT2D eigenvalue weighted by Gasteiger charge is 2.52. The van der Waals surface area contributed by atoms with Gasteiger partial charge in [0.05, 0.1) is 17.7 Å². The first-order chi connectivity index (χ1) is 11.7. The predicted octanol–water partition coefficient (Wildman–Crippen LogP) is 1.21. The van der Waals surface area contributed by atoms with E-state index in [-0.39, 0.29) is 23.1 Å². The summed E-state index contributed by atoms with van der Waals surface area (Å²) in [6.07, 6.45) is 2.22. The third-order valence-electron chi connectivity index (χ3n) is 5.59. The van der Waals surface area contributed by atoms with Gasteiger partial charge in [-0.2, -0.15) is 4.98 Å². The van der Waals surface area contributed by atoms with E-state index in [1.54, 1.807) is 18.1 Å². The maximum atomic E-state index is 13.1. The van der Waals surface area contributed by atoms with Crippen molar-refractivity contribution in [3.05, 3.63) is 27.9 Å². The Labute approximate surface area is 147 Å². The van der Waals surface area contributed by atoms with Crippen molar-refractivity contribution < 1.29 is 14.6 Å². The third-order valence-corrected chi connectivity index (χ3v) is 5.59. The Morgan fingerprint density at radius 3 is 2.80 bits per heavy atom. The van der Waals surface area contributed by atoms with E-state index in [0.29, 0.717) is 25.1 Å². The number of H-pyrrole nitrogens is 1. The first kappa shape index (κ1) is 18.1. The van der Waals surface area contributed by atoms with Gasteiger partial charge in [-0.3, -0.25) is 4.79 Å². The van der Waals surface area contributed by atoms with Crippen molar-refractivity contribution >= 4 is 5.91 Å². The molecule has 1 aromatic rings. The zero-order valence-corrected chi connectivity index (χ0v) is 15.3. The summed E-state index contributed by atoms with van der Waals surface area (Å²) < 4.78 is 5.78. The van der Waals surface area contributed by atoms with Crippen LogP contribution in [-0.2, 0) is 10.2 Å². The molecule has 2 heterocycles. The van der Waals surface area contributed by atoms with E-state index in [2.05, 4.69) is 9.97 Å². The number of nitrogens with zero attached hydrogens (tertiary/aromatic N) is 2. The summed E-state index contributed by atoms with van der Waals surface area (Å²) in [7, 11) is 1.67. The maximum Gasteiger partial charge on any atom is 0.345 e. The van der Waals surface area contributed by atoms with Crippen LogP contribution in [0.1, 0.15) is 62.6 Å². The van der Waals surface area contributed by atoms with Gasteiger partial charge in [0.2, 0.25) is 0 Å². The van der Waals surface area contributed by atoms with E-state index in [1.165, 1.54) is 0 Å². The molecule has 0 bridgehead atoms. The molecule has 1 saturated carbocycles. The van der Waals surface area contributed by atoms with Gasteiger partial charge in [0.15, 0.2) is 0 Å². The molecule has 0 unspecified atom stereocenters. The summed E-state index contributed by atoms with van der Waals surface area (Å²) in [6, 6.07) is 1.48. The summed E-state index contributed by atoms with van der Waals surface area (Å²) in [4.78, 5) is 33.3. The quantitative estimate of drug-likeness (QED) is 0.837. The van der Waals surface area contributed by atoms with Crippen LogP contribution in [-0.4, -0.2) is 57.3 Å². The molecule has 1 amide bonds. The van der Waals surface area contributed by atoms with E-state index < -0.39 is 17.4 Å². The Balaban J connectivity index is 1.94. The van der Waals surface area contributed by atoms with Gasteiger partial charge in [-0.05, 0) is 31.7 Å². The van der Waals surface area contributed by atoms with Gasteiger partial charge in [-0.1, -0.05) is 20.8 Å². The molecule has 25 heavy (non-hydrogen) atoms. The number of ether oxygens (including phenoxy) is 1. The average Bonchev–Trinajstić information content (AvgIpc) is 2.92. The second kappa shape index (κ2) is 6.21. The number of nitrogens with one attached hydrogen (secondary N) is 1. The summed E-state index contributed by atoms with van der Waals surface area (Å²) in [5.74, 6) is -0.269. The highest BCUT2D eigenvalue weighted by molar-refractivity contribution is 5.93. The summed E-state index contributed by atoms with van der Waals surface area (Å²) in [6.45, 7) is 6.45. The molecular formula is C18H27N3O4. The van der Waals surface area contributed by atoms with Crippen molar-refractivity contribution in [2.45, 2.75) is 69.6 Å². The fourth-order valence-electron chi connectivity index (χ4n) is 4.04. The smallest absolute Gasteiger partial charge is 0.345 e. The Hall–Kier alpha value is -1.73. The Bertz CT molecular complexity index is 724. The van der Waals surface area contributed by atoms with Crippen molar-refractivity contribution in [2.24, 2.45) is 0 Å². The van der Waals surface area contributed by atoms with Gasteiger partial charge in [0, 0.05) is 24.8 Å². The van der Waals surface area contributed by atoms with Gasteiger partial charge in [0.1, 0.15) is 5.69 Å².